The third-order valence-corrected chi connectivity index (χ3v) is 5.09. The Balaban J connectivity index is 1.45. The van der Waals surface area contributed by atoms with Crippen LogP contribution in [0.15, 0.2) is 72.9 Å². The number of aryl methyl sites for hydroxylation is 1. The first kappa shape index (κ1) is 18.7. The van der Waals surface area contributed by atoms with E-state index in [0.29, 0.717) is 18.8 Å². The van der Waals surface area contributed by atoms with Crippen molar-refractivity contribution in [3.8, 4) is 0 Å². The minimum absolute atomic E-state index is 0.0698. The van der Waals surface area contributed by atoms with E-state index in [1.165, 1.54) is 0 Å². The monoisotopic (exact) mass is 386 g/mol. The van der Waals surface area contributed by atoms with E-state index in [4.69, 9.17) is 0 Å². The summed E-state index contributed by atoms with van der Waals surface area (Å²) in [5.74, 6) is 0.627. The third-order valence-electron chi connectivity index (χ3n) is 5.09. The lowest BCUT2D eigenvalue weighted by molar-refractivity contribution is -0.117. The second-order valence-electron chi connectivity index (χ2n) is 7.11. The largest absolute Gasteiger partial charge is 0.324 e. The number of para-hydroxylation sites is 1. The van der Waals surface area contributed by atoms with Crippen molar-refractivity contribution in [2.75, 3.05) is 22.1 Å². The van der Waals surface area contributed by atoms with Crippen molar-refractivity contribution in [1.82, 2.24) is 4.98 Å². The van der Waals surface area contributed by atoms with Gasteiger partial charge >= 0.3 is 6.03 Å². The van der Waals surface area contributed by atoms with Gasteiger partial charge in [-0.05, 0) is 30.2 Å². The molecular weight excluding hydrogens is 364 g/mol. The van der Waals surface area contributed by atoms with E-state index in [1.54, 1.807) is 23.2 Å². The summed E-state index contributed by atoms with van der Waals surface area (Å²) in [6.45, 7) is 2.54. The van der Waals surface area contributed by atoms with Gasteiger partial charge in [-0.15, -0.1) is 0 Å². The lowest BCUT2D eigenvalue weighted by Crippen LogP contribution is -2.25. The number of hydrogen-bond donors (Lipinski definition) is 2. The first-order valence-electron chi connectivity index (χ1n) is 9.55. The molecule has 3 amide bonds. The Morgan fingerprint density at radius 2 is 1.79 bits per heavy atom. The summed E-state index contributed by atoms with van der Waals surface area (Å²) in [6.07, 6.45) is 2.07. The van der Waals surface area contributed by atoms with Gasteiger partial charge in [-0.25, -0.2) is 9.78 Å². The number of urea groups is 1. The van der Waals surface area contributed by atoms with Crippen LogP contribution in [0, 0.1) is 6.92 Å². The maximum absolute atomic E-state index is 12.6. The van der Waals surface area contributed by atoms with Crippen LogP contribution in [0.4, 0.5) is 22.0 Å². The molecule has 6 heteroatoms. The van der Waals surface area contributed by atoms with Gasteiger partial charge in [0.05, 0.1) is 0 Å². The van der Waals surface area contributed by atoms with Crippen molar-refractivity contribution in [1.29, 1.82) is 0 Å². The number of carbonyl (C=O) groups is 2. The van der Waals surface area contributed by atoms with Gasteiger partial charge in [0, 0.05) is 42.5 Å². The smallest absolute Gasteiger partial charge is 0.312 e. The zero-order chi connectivity index (χ0) is 20.2. The summed E-state index contributed by atoms with van der Waals surface area (Å²) in [4.78, 5) is 30.9. The Morgan fingerprint density at radius 1 is 1.03 bits per heavy atom. The van der Waals surface area contributed by atoms with Gasteiger partial charge in [0.1, 0.15) is 5.82 Å². The number of hydrogen-bond acceptors (Lipinski definition) is 3. The molecule has 0 radical (unpaired) electrons. The Labute approximate surface area is 169 Å². The fraction of sp³-hybridized carbons (Fsp3) is 0.174. The first-order chi connectivity index (χ1) is 14.1. The average molecular weight is 386 g/mol. The van der Waals surface area contributed by atoms with Gasteiger partial charge < -0.3 is 10.2 Å². The zero-order valence-corrected chi connectivity index (χ0v) is 16.1. The number of carbonyl (C=O) groups excluding carboxylic acids is 2. The third kappa shape index (κ3) is 4.27. The molecule has 29 heavy (non-hydrogen) atoms. The second-order valence-corrected chi connectivity index (χ2v) is 7.11. The van der Waals surface area contributed by atoms with Crippen LogP contribution < -0.4 is 15.5 Å². The Hall–Kier alpha value is -3.67. The number of benzene rings is 2. The van der Waals surface area contributed by atoms with E-state index in [0.717, 1.165) is 22.5 Å². The number of aromatic nitrogens is 1. The highest BCUT2D eigenvalue weighted by Crippen LogP contribution is 2.32. The fourth-order valence-electron chi connectivity index (χ4n) is 3.54. The predicted molar refractivity (Wildman–Crippen MR) is 114 cm³/mol. The number of nitrogens with one attached hydrogen (secondary N) is 2. The van der Waals surface area contributed by atoms with E-state index in [9.17, 15) is 9.59 Å². The van der Waals surface area contributed by atoms with Crippen molar-refractivity contribution >= 4 is 29.1 Å². The van der Waals surface area contributed by atoms with E-state index < -0.39 is 0 Å². The van der Waals surface area contributed by atoms with Crippen molar-refractivity contribution in [2.45, 2.75) is 19.3 Å². The normalized spacial score (nSPS) is 16.0. The molecule has 1 unspecified atom stereocenters. The molecular formula is C23H22N4O2. The predicted octanol–water partition coefficient (Wildman–Crippen LogP) is 4.55. The van der Waals surface area contributed by atoms with Gasteiger partial charge in [-0.1, -0.05) is 48.5 Å². The number of rotatable bonds is 4. The molecule has 0 spiro atoms. The van der Waals surface area contributed by atoms with Crippen LogP contribution in [0.2, 0.25) is 0 Å². The van der Waals surface area contributed by atoms with Crippen molar-refractivity contribution < 1.29 is 9.59 Å². The van der Waals surface area contributed by atoms with Gasteiger partial charge in [0.2, 0.25) is 5.91 Å². The molecule has 3 aromatic rings. The molecule has 1 fully saturated rings. The van der Waals surface area contributed by atoms with E-state index in [-0.39, 0.29) is 17.9 Å². The van der Waals surface area contributed by atoms with E-state index in [1.807, 2.05) is 49.4 Å². The van der Waals surface area contributed by atoms with Crippen molar-refractivity contribution in [3.63, 3.8) is 0 Å². The molecule has 1 atom stereocenters. The maximum atomic E-state index is 12.6. The van der Waals surface area contributed by atoms with Gasteiger partial charge in [-0.3, -0.25) is 10.1 Å². The first-order valence-corrected chi connectivity index (χ1v) is 9.55. The Kier molecular flexibility index (Phi) is 5.24. The second kappa shape index (κ2) is 8.14. The molecule has 146 valence electrons. The number of anilines is 3. The molecule has 1 aliphatic rings. The Bertz CT molecular complexity index is 1040. The summed E-state index contributed by atoms with van der Waals surface area (Å²) < 4.78 is 0. The molecule has 2 N–H and O–H groups in total. The molecule has 4 rings (SSSR count). The highest BCUT2D eigenvalue weighted by molar-refractivity contribution is 6.01. The van der Waals surface area contributed by atoms with Crippen LogP contribution in [-0.2, 0) is 4.79 Å². The summed E-state index contributed by atoms with van der Waals surface area (Å²) in [7, 11) is 0. The zero-order valence-electron chi connectivity index (χ0n) is 16.1. The molecule has 2 aromatic carbocycles. The molecule has 0 saturated carbocycles. The van der Waals surface area contributed by atoms with Crippen LogP contribution in [0.5, 0.6) is 0 Å². The van der Waals surface area contributed by atoms with Gasteiger partial charge in [0.25, 0.3) is 0 Å². The topological polar surface area (TPSA) is 74.3 Å². The summed E-state index contributed by atoms with van der Waals surface area (Å²) in [5, 5.41) is 5.55. The van der Waals surface area contributed by atoms with E-state index >= 15 is 0 Å². The average Bonchev–Trinajstić information content (AvgIpc) is 3.12. The molecule has 1 aliphatic heterocycles. The number of pyridine rings is 1. The minimum Gasteiger partial charge on any atom is -0.312 e. The molecule has 1 aromatic heterocycles. The molecule has 0 aliphatic carbocycles. The molecule has 0 bridgehead atoms. The van der Waals surface area contributed by atoms with Crippen molar-refractivity contribution in [2.24, 2.45) is 0 Å². The lowest BCUT2D eigenvalue weighted by atomic mass is 9.99. The molecule has 2 heterocycles. The summed E-state index contributed by atoms with van der Waals surface area (Å²) >= 11 is 0. The Morgan fingerprint density at radius 3 is 2.59 bits per heavy atom. The molecule has 1 saturated heterocycles. The lowest BCUT2D eigenvalue weighted by Gasteiger charge is -2.18. The van der Waals surface area contributed by atoms with E-state index in [2.05, 4.69) is 27.8 Å². The number of nitrogens with zero attached hydrogens (tertiary/aromatic N) is 2. The quantitative estimate of drug-likeness (QED) is 0.691. The maximum Gasteiger partial charge on any atom is 0.324 e. The molecule has 6 nitrogen and oxygen atoms in total. The summed E-state index contributed by atoms with van der Waals surface area (Å²) in [6, 6.07) is 20.7. The van der Waals surface area contributed by atoms with Crippen LogP contribution >= 0.6 is 0 Å². The standard InChI is InChI=1S/C23H22N4O2/c1-16-7-5-6-10-20(16)25-23(29)26-21-14-19(11-12-24-21)27-15-18(13-22(27)28)17-8-3-2-4-9-17/h2-12,14,18H,13,15H2,1H3,(H2,24,25,26,29). The van der Waals surface area contributed by atoms with Gasteiger partial charge in [-0.2, -0.15) is 0 Å². The van der Waals surface area contributed by atoms with Crippen LogP contribution in [0.1, 0.15) is 23.5 Å². The number of amides is 3. The van der Waals surface area contributed by atoms with Crippen LogP contribution in [0.25, 0.3) is 0 Å². The van der Waals surface area contributed by atoms with Crippen LogP contribution in [0.3, 0.4) is 0 Å². The fourth-order valence-corrected chi connectivity index (χ4v) is 3.54. The summed E-state index contributed by atoms with van der Waals surface area (Å²) in [5.41, 5.74) is 3.60. The highest BCUT2D eigenvalue weighted by Gasteiger charge is 2.31. The highest BCUT2D eigenvalue weighted by atomic mass is 16.2. The van der Waals surface area contributed by atoms with Crippen LogP contribution in [-0.4, -0.2) is 23.5 Å². The van der Waals surface area contributed by atoms with Gasteiger partial charge in [0.15, 0.2) is 0 Å². The minimum atomic E-state index is -0.376. The van der Waals surface area contributed by atoms with Crippen molar-refractivity contribution in [3.05, 3.63) is 84.1 Å². The SMILES string of the molecule is Cc1ccccc1NC(=O)Nc1cc(N2CC(c3ccccc3)CC2=O)ccn1.